The molecule has 1 aromatic heterocycles. The zero-order chi connectivity index (χ0) is 13.8. The van der Waals surface area contributed by atoms with Crippen molar-refractivity contribution in [2.75, 3.05) is 11.9 Å². The van der Waals surface area contributed by atoms with Gasteiger partial charge in [-0.25, -0.2) is 4.39 Å². The molecule has 100 valence electrons. The third kappa shape index (κ3) is 3.31. The highest BCUT2D eigenvalue weighted by atomic mass is 79.9. The Morgan fingerprint density at radius 3 is 2.89 bits per heavy atom. The summed E-state index contributed by atoms with van der Waals surface area (Å²) in [6, 6.07) is 5.81. The highest BCUT2D eigenvalue weighted by Gasteiger charge is 2.17. The minimum atomic E-state index is -0.556. The molecule has 7 heteroatoms. The van der Waals surface area contributed by atoms with E-state index < -0.39 is 10.7 Å². The summed E-state index contributed by atoms with van der Waals surface area (Å²) in [4.78, 5) is 10.3. The Labute approximate surface area is 116 Å². The number of hydrogen-bond acceptors (Lipinski definition) is 4. The summed E-state index contributed by atoms with van der Waals surface area (Å²) < 4.78 is 18.6. The number of hydrogen-bond donors (Lipinski definition) is 1. The van der Waals surface area contributed by atoms with E-state index in [0.717, 1.165) is 17.9 Å². The number of benzene rings is 1. The Balaban J connectivity index is 2.10. The van der Waals surface area contributed by atoms with E-state index in [0.29, 0.717) is 13.0 Å². The van der Waals surface area contributed by atoms with Gasteiger partial charge in [0.25, 0.3) is 5.69 Å². The van der Waals surface area contributed by atoms with Crippen molar-refractivity contribution in [1.29, 1.82) is 0 Å². The highest BCUT2D eigenvalue weighted by Crippen LogP contribution is 2.30. The van der Waals surface area contributed by atoms with Crippen molar-refractivity contribution in [1.82, 2.24) is 0 Å². The van der Waals surface area contributed by atoms with Gasteiger partial charge in [-0.2, -0.15) is 0 Å². The van der Waals surface area contributed by atoms with Crippen LogP contribution in [-0.4, -0.2) is 11.5 Å². The molecule has 19 heavy (non-hydrogen) atoms. The molecule has 0 radical (unpaired) electrons. The molecular formula is C12H10BrFN2O3. The Morgan fingerprint density at radius 1 is 1.47 bits per heavy atom. The molecule has 0 aliphatic carbocycles. The molecule has 0 saturated carbocycles. The molecule has 1 aromatic carbocycles. The van der Waals surface area contributed by atoms with E-state index in [-0.39, 0.29) is 15.8 Å². The van der Waals surface area contributed by atoms with Crippen molar-refractivity contribution in [3.05, 3.63) is 56.7 Å². The lowest BCUT2D eigenvalue weighted by Crippen LogP contribution is -2.07. The van der Waals surface area contributed by atoms with Crippen molar-refractivity contribution < 1.29 is 13.7 Å². The highest BCUT2D eigenvalue weighted by molar-refractivity contribution is 9.10. The zero-order valence-electron chi connectivity index (χ0n) is 9.73. The maximum Gasteiger partial charge on any atom is 0.293 e. The molecule has 0 fully saturated rings. The van der Waals surface area contributed by atoms with Crippen molar-refractivity contribution in [3.63, 3.8) is 0 Å². The van der Waals surface area contributed by atoms with Crippen LogP contribution in [0.3, 0.4) is 0 Å². The number of nitrogens with zero attached hydrogens (tertiary/aromatic N) is 1. The molecule has 0 unspecified atom stereocenters. The standard InChI is InChI=1S/C12H10BrFN2O3/c13-9-6-12(16(17)18)11(7-10(9)14)15-4-3-8-2-1-5-19-8/h1-2,5-7,15H,3-4H2. The molecule has 0 atom stereocenters. The molecule has 5 nitrogen and oxygen atoms in total. The zero-order valence-corrected chi connectivity index (χ0v) is 11.3. The van der Waals surface area contributed by atoms with Crippen LogP contribution < -0.4 is 5.32 Å². The number of nitro benzene ring substituents is 1. The first-order valence-corrected chi connectivity index (χ1v) is 6.27. The van der Waals surface area contributed by atoms with Crippen LogP contribution in [0.1, 0.15) is 5.76 Å². The van der Waals surface area contributed by atoms with Gasteiger partial charge >= 0.3 is 0 Å². The van der Waals surface area contributed by atoms with Gasteiger partial charge in [-0.1, -0.05) is 0 Å². The van der Waals surface area contributed by atoms with E-state index in [1.54, 1.807) is 18.4 Å². The molecule has 0 amide bonds. The van der Waals surface area contributed by atoms with Gasteiger partial charge < -0.3 is 9.73 Å². The first kappa shape index (κ1) is 13.5. The summed E-state index contributed by atoms with van der Waals surface area (Å²) in [6.07, 6.45) is 2.11. The van der Waals surface area contributed by atoms with Crippen LogP contribution in [0.5, 0.6) is 0 Å². The third-order valence-corrected chi connectivity index (χ3v) is 3.11. The van der Waals surface area contributed by atoms with E-state index in [9.17, 15) is 14.5 Å². The Morgan fingerprint density at radius 2 is 2.26 bits per heavy atom. The van der Waals surface area contributed by atoms with Gasteiger partial charge in [0.05, 0.1) is 15.7 Å². The van der Waals surface area contributed by atoms with Crippen LogP contribution in [0, 0.1) is 15.9 Å². The van der Waals surface area contributed by atoms with Crippen molar-refractivity contribution >= 4 is 27.3 Å². The molecule has 1 heterocycles. The quantitative estimate of drug-likeness (QED) is 0.670. The van der Waals surface area contributed by atoms with E-state index in [4.69, 9.17) is 4.42 Å². The van der Waals surface area contributed by atoms with Crippen LogP contribution in [0.4, 0.5) is 15.8 Å². The molecule has 0 bridgehead atoms. The van der Waals surface area contributed by atoms with Crippen molar-refractivity contribution in [2.45, 2.75) is 6.42 Å². The number of anilines is 1. The minimum absolute atomic E-state index is 0.0655. The van der Waals surface area contributed by atoms with Gasteiger partial charge in [-0.15, -0.1) is 0 Å². The monoisotopic (exact) mass is 328 g/mol. The van der Waals surface area contributed by atoms with Crippen LogP contribution >= 0.6 is 15.9 Å². The van der Waals surface area contributed by atoms with E-state index in [2.05, 4.69) is 21.2 Å². The molecular weight excluding hydrogens is 319 g/mol. The summed E-state index contributed by atoms with van der Waals surface area (Å²) in [5.74, 6) is 0.207. The van der Waals surface area contributed by atoms with Gasteiger partial charge in [-0.05, 0) is 28.1 Å². The van der Waals surface area contributed by atoms with Gasteiger partial charge in [0.1, 0.15) is 17.3 Å². The first-order valence-electron chi connectivity index (χ1n) is 5.47. The Bertz CT molecular complexity index is 587. The van der Waals surface area contributed by atoms with Gasteiger partial charge in [-0.3, -0.25) is 10.1 Å². The molecule has 0 aliphatic rings. The lowest BCUT2D eigenvalue weighted by molar-refractivity contribution is -0.384. The van der Waals surface area contributed by atoms with Crippen molar-refractivity contribution in [3.8, 4) is 0 Å². The number of nitro groups is 1. The van der Waals surface area contributed by atoms with Gasteiger partial charge in [0.15, 0.2) is 0 Å². The summed E-state index contributed by atoms with van der Waals surface area (Å²) in [6.45, 7) is 0.412. The van der Waals surface area contributed by atoms with Crippen LogP contribution in [0.2, 0.25) is 0 Å². The lowest BCUT2D eigenvalue weighted by atomic mass is 10.2. The molecule has 1 N–H and O–H groups in total. The maximum atomic E-state index is 13.4. The SMILES string of the molecule is O=[N+]([O-])c1cc(Br)c(F)cc1NCCc1ccco1. The van der Waals surface area contributed by atoms with Crippen LogP contribution in [0.25, 0.3) is 0 Å². The molecule has 0 spiro atoms. The largest absolute Gasteiger partial charge is 0.469 e. The fourth-order valence-electron chi connectivity index (χ4n) is 1.60. The van der Waals surface area contributed by atoms with E-state index in [1.165, 1.54) is 0 Å². The van der Waals surface area contributed by atoms with Crippen LogP contribution in [-0.2, 0) is 6.42 Å². The number of furan rings is 1. The average Bonchev–Trinajstić information content (AvgIpc) is 2.86. The third-order valence-electron chi connectivity index (χ3n) is 2.50. The summed E-state index contributed by atoms with van der Waals surface area (Å²) in [7, 11) is 0. The van der Waals surface area contributed by atoms with Crippen LogP contribution in [0.15, 0.2) is 39.4 Å². The molecule has 2 aromatic rings. The predicted octanol–water partition coefficient (Wildman–Crippen LogP) is 3.74. The maximum absolute atomic E-state index is 13.4. The predicted molar refractivity (Wildman–Crippen MR) is 71.7 cm³/mol. The average molecular weight is 329 g/mol. The fraction of sp³-hybridized carbons (Fsp3) is 0.167. The lowest BCUT2D eigenvalue weighted by Gasteiger charge is -2.07. The number of rotatable bonds is 5. The van der Waals surface area contributed by atoms with E-state index in [1.807, 2.05) is 0 Å². The summed E-state index contributed by atoms with van der Waals surface area (Å²) >= 11 is 2.93. The molecule has 0 saturated heterocycles. The normalized spacial score (nSPS) is 10.4. The van der Waals surface area contributed by atoms with Gasteiger partial charge in [0, 0.05) is 25.1 Å². The smallest absolute Gasteiger partial charge is 0.293 e. The minimum Gasteiger partial charge on any atom is -0.469 e. The number of nitrogens with one attached hydrogen (secondary N) is 1. The second kappa shape index (κ2) is 5.83. The fourth-order valence-corrected chi connectivity index (χ4v) is 1.94. The number of halogens is 2. The van der Waals surface area contributed by atoms with Gasteiger partial charge in [0.2, 0.25) is 0 Å². The summed E-state index contributed by atoms with van der Waals surface area (Å²) in [5, 5.41) is 13.7. The van der Waals surface area contributed by atoms with E-state index >= 15 is 0 Å². The second-order valence-electron chi connectivity index (χ2n) is 3.80. The molecule has 2 rings (SSSR count). The van der Waals surface area contributed by atoms with Crippen molar-refractivity contribution in [2.24, 2.45) is 0 Å². The second-order valence-corrected chi connectivity index (χ2v) is 4.65. The Kier molecular flexibility index (Phi) is 4.16. The Hall–Kier alpha value is -1.89. The molecule has 0 aliphatic heterocycles. The topological polar surface area (TPSA) is 68.3 Å². The first-order chi connectivity index (χ1) is 9.08. The summed E-state index contributed by atoms with van der Waals surface area (Å²) in [5.41, 5.74) is -0.0232.